The molecule has 0 radical (unpaired) electrons. The highest BCUT2D eigenvalue weighted by molar-refractivity contribution is 6.00. The maximum atomic E-state index is 13.5. The summed E-state index contributed by atoms with van der Waals surface area (Å²) in [6.45, 7) is 7.69. The van der Waals surface area contributed by atoms with Crippen molar-refractivity contribution in [1.29, 1.82) is 0 Å². The molecule has 176 valence electrons. The topological polar surface area (TPSA) is 110 Å². The molecule has 1 saturated heterocycles. The van der Waals surface area contributed by atoms with Crippen molar-refractivity contribution < 1.29 is 23.9 Å². The van der Waals surface area contributed by atoms with Gasteiger partial charge in [0.05, 0.1) is 18.5 Å². The van der Waals surface area contributed by atoms with Crippen molar-refractivity contribution >= 4 is 24.2 Å². The molecule has 8 nitrogen and oxygen atoms in total. The predicted octanol–water partition coefficient (Wildman–Crippen LogP) is 2.74. The van der Waals surface area contributed by atoms with Crippen LogP contribution in [-0.2, 0) is 25.7 Å². The van der Waals surface area contributed by atoms with Crippen molar-refractivity contribution in [2.45, 2.75) is 71.7 Å². The molecule has 1 aliphatic heterocycles. The normalized spacial score (nSPS) is 17.8. The monoisotopic (exact) mass is 445 g/mol. The van der Waals surface area contributed by atoms with Gasteiger partial charge in [0.1, 0.15) is 12.9 Å². The standard InChI is InChI=1S/C24H35N3O5/c1-16(2)20(14-28)27(23(30)22(25)17(3)4)24(31)26-12-8-11-19(26)13-21(29)32-15-18-9-6-5-7-10-18/h5-7,9-10,14,16-17,19-20,22H,8,11-13,15,25H2,1-4H3/t19?,20-,22+/m1/s1. The summed E-state index contributed by atoms with van der Waals surface area (Å²) in [7, 11) is 0. The van der Waals surface area contributed by atoms with Crippen LogP contribution in [0.25, 0.3) is 0 Å². The van der Waals surface area contributed by atoms with Crippen LogP contribution in [0.1, 0.15) is 52.5 Å². The number of rotatable bonds is 9. The maximum absolute atomic E-state index is 13.5. The Morgan fingerprint density at radius 1 is 1.16 bits per heavy atom. The summed E-state index contributed by atoms with van der Waals surface area (Å²) in [5.41, 5.74) is 6.93. The lowest BCUT2D eigenvalue weighted by Gasteiger charge is -2.36. The van der Waals surface area contributed by atoms with Gasteiger partial charge in [-0.15, -0.1) is 0 Å². The van der Waals surface area contributed by atoms with Crippen LogP contribution in [0.15, 0.2) is 30.3 Å². The minimum Gasteiger partial charge on any atom is -0.461 e. The molecule has 1 fully saturated rings. The zero-order valence-corrected chi connectivity index (χ0v) is 19.4. The Morgan fingerprint density at radius 2 is 1.81 bits per heavy atom. The number of nitrogens with two attached hydrogens (primary N) is 1. The highest BCUT2D eigenvalue weighted by atomic mass is 16.5. The van der Waals surface area contributed by atoms with E-state index in [-0.39, 0.29) is 24.9 Å². The van der Waals surface area contributed by atoms with E-state index >= 15 is 0 Å². The van der Waals surface area contributed by atoms with Crippen LogP contribution in [0.5, 0.6) is 0 Å². The second kappa shape index (κ2) is 11.8. The largest absolute Gasteiger partial charge is 0.461 e. The van der Waals surface area contributed by atoms with Crippen LogP contribution in [0, 0.1) is 11.8 Å². The fraction of sp³-hybridized carbons (Fsp3) is 0.583. The third-order valence-corrected chi connectivity index (χ3v) is 5.84. The average Bonchev–Trinajstić information content (AvgIpc) is 3.22. The van der Waals surface area contributed by atoms with Crippen molar-refractivity contribution in [3.8, 4) is 0 Å². The molecule has 0 saturated carbocycles. The second-order valence-electron chi connectivity index (χ2n) is 8.97. The summed E-state index contributed by atoms with van der Waals surface area (Å²) >= 11 is 0. The number of nitrogens with zero attached hydrogens (tertiary/aromatic N) is 2. The fourth-order valence-electron chi connectivity index (χ4n) is 3.76. The van der Waals surface area contributed by atoms with E-state index in [0.717, 1.165) is 10.5 Å². The number of imide groups is 1. The number of esters is 1. The molecule has 3 amide bonds. The van der Waals surface area contributed by atoms with E-state index < -0.39 is 36.0 Å². The summed E-state index contributed by atoms with van der Waals surface area (Å²) in [4.78, 5) is 53.3. The first-order valence-corrected chi connectivity index (χ1v) is 11.2. The van der Waals surface area contributed by atoms with Crippen LogP contribution < -0.4 is 5.73 Å². The summed E-state index contributed by atoms with van der Waals surface area (Å²) in [6.07, 6.45) is 1.98. The summed E-state index contributed by atoms with van der Waals surface area (Å²) in [5.74, 6) is -1.45. The van der Waals surface area contributed by atoms with Gasteiger partial charge in [0.2, 0.25) is 5.91 Å². The number of hydrogen-bond acceptors (Lipinski definition) is 6. The molecule has 8 heteroatoms. The number of carbonyl (C=O) groups excluding carboxylic acids is 4. The number of hydrogen-bond donors (Lipinski definition) is 1. The molecule has 2 N–H and O–H groups in total. The van der Waals surface area contributed by atoms with E-state index in [4.69, 9.17) is 10.5 Å². The molecule has 3 atom stereocenters. The molecule has 0 spiro atoms. The lowest BCUT2D eigenvalue weighted by Crippen LogP contribution is -2.59. The van der Waals surface area contributed by atoms with E-state index in [1.54, 1.807) is 27.7 Å². The van der Waals surface area contributed by atoms with E-state index in [9.17, 15) is 19.2 Å². The van der Waals surface area contributed by atoms with E-state index in [0.29, 0.717) is 25.7 Å². The Balaban J connectivity index is 2.13. The van der Waals surface area contributed by atoms with Gasteiger partial charge in [0.25, 0.3) is 0 Å². The lowest BCUT2D eigenvalue weighted by molar-refractivity contribution is -0.146. The lowest BCUT2D eigenvalue weighted by atomic mass is 9.99. The van der Waals surface area contributed by atoms with Gasteiger partial charge in [0, 0.05) is 12.6 Å². The molecule has 1 aromatic rings. The van der Waals surface area contributed by atoms with E-state index in [2.05, 4.69) is 0 Å². The molecule has 0 bridgehead atoms. The highest BCUT2D eigenvalue weighted by Crippen LogP contribution is 2.25. The van der Waals surface area contributed by atoms with E-state index in [1.807, 2.05) is 30.3 Å². The molecule has 1 heterocycles. The van der Waals surface area contributed by atoms with Gasteiger partial charge >= 0.3 is 12.0 Å². The third-order valence-electron chi connectivity index (χ3n) is 5.84. The Bertz CT molecular complexity index is 796. The quantitative estimate of drug-likeness (QED) is 0.462. The number of carbonyl (C=O) groups is 4. The molecular weight excluding hydrogens is 410 g/mol. The van der Waals surface area contributed by atoms with E-state index in [1.165, 1.54) is 4.90 Å². The first-order chi connectivity index (χ1) is 15.2. The molecule has 1 aliphatic rings. The number of amides is 3. The Kier molecular flexibility index (Phi) is 9.38. The summed E-state index contributed by atoms with van der Waals surface area (Å²) < 4.78 is 5.37. The van der Waals surface area contributed by atoms with Crippen LogP contribution in [0.4, 0.5) is 4.79 Å². The third kappa shape index (κ3) is 6.38. The number of urea groups is 1. The number of aldehydes is 1. The van der Waals surface area contributed by atoms with Gasteiger partial charge in [-0.1, -0.05) is 58.0 Å². The first-order valence-electron chi connectivity index (χ1n) is 11.2. The molecule has 32 heavy (non-hydrogen) atoms. The highest BCUT2D eigenvalue weighted by Gasteiger charge is 2.41. The predicted molar refractivity (Wildman–Crippen MR) is 120 cm³/mol. The smallest absolute Gasteiger partial charge is 0.327 e. The SMILES string of the molecule is CC(C)[C@H](N)C(=O)N(C(=O)N1CCCC1CC(=O)OCc1ccccc1)[C@H](C=O)C(C)C. The van der Waals surface area contributed by atoms with Crippen LogP contribution in [-0.4, -0.2) is 58.7 Å². The minimum absolute atomic E-state index is 0.0320. The second-order valence-corrected chi connectivity index (χ2v) is 8.97. The van der Waals surface area contributed by atoms with Crippen molar-refractivity contribution in [2.75, 3.05) is 6.54 Å². The first kappa shape index (κ1) is 25.5. The van der Waals surface area contributed by atoms with Crippen LogP contribution >= 0.6 is 0 Å². The Labute approximate surface area is 190 Å². The van der Waals surface area contributed by atoms with Gasteiger partial charge in [-0.25, -0.2) is 4.79 Å². The Morgan fingerprint density at radius 3 is 2.38 bits per heavy atom. The Hall–Kier alpha value is -2.74. The summed E-state index contributed by atoms with van der Waals surface area (Å²) in [5, 5.41) is 0. The number of likely N-dealkylation sites (tertiary alicyclic amines) is 1. The van der Waals surface area contributed by atoms with Gasteiger partial charge in [-0.05, 0) is 30.2 Å². The average molecular weight is 446 g/mol. The molecule has 0 aromatic heterocycles. The maximum Gasteiger partial charge on any atom is 0.327 e. The van der Waals surface area contributed by atoms with Crippen molar-refractivity contribution in [1.82, 2.24) is 9.80 Å². The van der Waals surface area contributed by atoms with Crippen LogP contribution in [0.2, 0.25) is 0 Å². The van der Waals surface area contributed by atoms with Crippen molar-refractivity contribution in [3.63, 3.8) is 0 Å². The number of benzene rings is 1. The molecular formula is C24H35N3O5. The van der Waals surface area contributed by atoms with Gasteiger partial charge in [-0.3, -0.25) is 14.5 Å². The van der Waals surface area contributed by atoms with Gasteiger partial charge in [0.15, 0.2) is 0 Å². The summed E-state index contributed by atoms with van der Waals surface area (Å²) in [6, 6.07) is 6.56. The van der Waals surface area contributed by atoms with Gasteiger partial charge in [-0.2, -0.15) is 0 Å². The van der Waals surface area contributed by atoms with Crippen LogP contribution in [0.3, 0.4) is 0 Å². The minimum atomic E-state index is -0.925. The van der Waals surface area contributed by atoms with Gasteiger partial charge < -0.3 is 20.2 Å². The van der Waals surface area contributed by atoms with Crippen molar-refractivity contribution in [2.24, 2.45) is 17.6 Å². The zero-order valence-electron chi connectivity index (χ0n) is 19.4. The van der Waals surface area contributed by atoms with Crippen molar-refractivity contribution in [3.05, 3.63) is 35.9 Å². The molecule has 1 unspecified atom stereocenters. The molecule has 2 rings (SSSR count). The molecule has 0 aliphatic carbocycles. The number of ether oxygens (including phenoxy) is 1. The molecule has 1 aromatic carbocycles. The fourth-order valence-corrected chi connectivity index (χ4v) is 3.76. The zero-order chi connectivity index (χ0) is 23.8.